The highest BCUT2D eigenvalue weighted by atomic mass is 79.9. The molecule has 0 saturated heterocycles. The van der Waals surface area contributed by atoms with Crippen molar-refractivity contribution in [3.8, 4) is 6.07 Å². The average Bonchev–Trinajstić information content (AvgIpc) is 2.27. The lowest BCUT2D eigenvalue weighted by atomic mass is 9.81. The third kappa shape index (κ3) is 2.62. The van der Waals surface area contributed by atoms with Gasteiger partial charge in [-0.05, 0) is 51.3 Å². The van der Waals surface area contributed by atoms with Crippen molar-refractivity contribution in [3.63, 3.8) is 0 Å². The Morgan fingerprint density at radius 3 is 2.69 bits per heavy atom. The number of aliphatic hydroxyl groups is 1. The van der Waals surface area contributed by atoms with E-state index in [0.29, 0.717) is 16.6 Å². The molecule has 0 aromatic carbocycles. The molecule has 0 radical (unpaired) electrons. The predicted octanol–water partition coefficient (Wildman–Crippen LogP) is 3.58. The number of aliphatic hydroxyl groups excluding tert-OH is 1. The van der Waals surface area contributed by atoms with Crippen molar-refractivity contribution in [2.75, 3.05) is 0 Å². The van der Waals surface area contributed by atoms with E-state index < -0.39 is 11.5 Å². The highest BCUT2D eigenvalue weighted by molar-refractivity contribution is 9.11. The van der Waals surface area contributed by atoms with Crippen LogP contribution in [0, 0.1) is 16.7 Å². The third-order valence-electron chi connectivity index (χ3n) is 2.69. The first-order valence-electron chi connectivity index (χ1n) is 4.85. The number of aromatic nitrogens is 1. The van der Waals surface area contributed by atoms with Crippen LogP contribution in [-0.2, 0) is 0 Å². The first kappa shape index (κ1) is 13.6. The van der Waals surface area contributed by atoms with Crippen molar-refractivity contribution in [1.29, 1.82) is 5.26 Å². The summed E-state index contributed by atoms with van der Waals surface area (Å²) >= 11 is 6.63. The van der Waals surface area contributed by atoms with Gasteiger partial charge in [-0.15, -0.1) is 0 Å². The minimum Gasteiger partial charge on any atom is -0.385 e. The molecule has 0 aliphatic carbocycles. The number of hydrogen-bond acceptors (Lipinski definition) is 3. The lowest BCUT2D eigenvalue weighted by Gasteiger charge is -2.26. The lowest BCUT2D eigenvalue weighted by Crippen LogP contribution is -2.24. The van der Waals surface area contributed by atoms with Crippen LogP contribution in [0.1, 0.15) is 32.1 Å². The first-order valence-corrected chi connectivity index (χ1v) is 6.43. The van der Waals surface area contributed by atoms with E-state index in [0.717, 1.165) is 4.47 Å². The van der Waals surface area contributed by atoms with Gasteiger partial charge in [-0.25, -0.2) is 0 Å². The monoisotopic (exact) mass is 346 g/mol. The largest absolute Gasteiger partial charge is 0.385 e. The molecule has 0 saturated carbocycles. The third-order valence-corrected chi connectivity index (χ3v) is 3.76. The minimum atomic E-state index is -0.898. The quantitative estimate of drug-likeness (QED) is 0.909. The van der Waals surface area contributed by atoms with Crippen LogP contribution in [0.15, 0.2) is 21.2 Å². The smallest absolute Gasteiger partial charge is 0.115 e. The molecule has 1 heterocycles. The molecule has 0 fully saturated rings. The molecule has 86 valence electrons. The molecule has 1 aromatic heterocycles. The Morgan fingerprint density at radius 1 is 1.62 bits per heavy atom. The van der Waals surface area contributed by atoms with Gasteiger partial charge >= 0.3 is 0 Å². The summed E-state index contributed by atoms with van der Waals surface area (Å²) in [4.78, 5) is 4.14. The molecule has 0 aliphatic heterocycles. The second kappa shape index (κ2) is 5.26. The summed E-state index contributed by atoms with van der Waals surface area (Å²) in [6.45, 7) is 3.60. The topological polar surface area (TPSA) is 56.9 Å². The number of nitrogens with zero attached hydrogens (tertiary/aromatic N) is 2. The Hall–Kier alpha value is -0.440. The average molecular weight is 348 g/mol. The highest BCUT2D eigenvalue weighted by Gasteiger charge is 2.34. The van der Waals surface area contributed by atoms with Crippen molar-refractivity contribution in [2.24, 2.45) is 5.41 Å². The molecule has 5 heteroatoms. The molecule has 1 aromatic rings. The molecule has 2 unspecified atom stereocenters. The summed E-state index contributed by atoms with van der Waals surface area (Å²) in [5.41, 5.74) is -0.322. The Labute approximate surface area is 112 Å². The molecular weight excluding hydrogens is 336 g/mol. The van der Waals surface area contributed by atoms with Gasteiger partial charge in [-0.2, -0.15) is 5.26 Å². The molecule has 3 nitrogen and oxygen atoms in total. The van der Waals surface area contributed by atoms with Crippen LogP contribution in [0.3, 0.4) is 0 Å². The molecule has 1 N–H and O–H groups in total. The standard InChI is InChI=1S/C11H12Br2N2O/c1-3-11(2,6-14)10(16)9-8(13)4-7(12)5-15-9/h4-5,10,16H,3H2,1-2H3. The number of pyridine rings is 1. The van der Waals surface area contributed by atoms with Crippen molar-refractivity contribution in [1.82, 2.24) is 4.98 Å². The molecule has 16 heavy (non-hydrogen) atoms. The van der Waals surface area contributed by atoms with Crippen LogP contribution in [0.4, 0.5) is 0 Å². The van der Waals surface area contributed by atoms with Gasteiger partial charge in [0.25, 0.3) is 0 Å². The molecule has 0 spiro atoms. The number of halogens is 2. The van der Waals surface area contributed by atoms with E-state index in [2.05, 4.69) is 42.9 Å². The van der Waals surface area contributed by atoms with Gasteiger partial charge in [-0.3, -0.25) is 4.98 Å². The molecule has 0 bridgehead atoms. The zero-order valence-corrected chi connectivity index (χ0v) is 12.2. The molecule has 1 rings (SSSR count). The van der Waals surface area contributed by atoms with Crippen LogP contribution in [0.5, 0.6) is 0 Å². The fraction of sp³-hybridized carbons (Fsp3) is 0.455. The van der Waals surface area contributed by atoms with E-state index in [-0.39, 0.29) is 0 Å². The Kier molecular flexibility index (Phi) is 4.48. The molecular formula is C11H12Br2N2O. The van der Waals surface area contributed by atoms with E-state index in [1.807, 2.05) is 6.92 Å². The van der Waals surface area contributed by atoms with Crippen LogP contribution >= 0.6 is 31.9 Å². The van der Waals surface area contributed by atoms with Crippen LogP contribution < -0.4 is 0 Å². The van der Waals surface area contributed by atoms with E-state index in [1.54, 1.807) is 19.2 Å². The number of rotatable bonds is 3. The lowest BCUT2D eigenvalue weighted by molar-refractivity contribution is 0.0677. The van der Waals surface area contributed by atoms with E-state index >= 15 is 0 Å². The van der Waals surface area contributed by atoms with Crippen molar-refractivity contribution in [3.05, 3.63) is 26.9 Å². The summed E-state index contributed by atoms with van der Waals surface area (Å²) in [6.07, 6.45) is 1.27. The fourth-order valence-electron chi connectivity index (χ4n) is 1.26. The summed E-state index contributed by atoms with van der Waals surface area (Å²) in [7, 11) is 0. The SMILES string of the molecule is CCC(C)(C#N)C(O)c1ncc(Br)cc1Br. The van der Waals surface area contributed by atoms with Crippen molar-refractivity contribution < 1.29 is 5.11 Å². The van der Waals surface area contributed by atoms with Gasteiger partial charge in [0, 0.05) is 15.1 Å². The molecule has 2 atom stereocenters. The maximum atomic E-state index is 10.2. The fourth-order valence-corrected chi connectivity index (χ4v) is 2.47. The zero-order chi connectivity index (χ0) is 12.3. The summed E-state index contributed by atoms with van der Waals surface area (Å²) in [6, 6.07) is 3.95. The van der Waals surface area contributed by atoms with Crippen LogP contribution in [-0.4, -0.2) is 10.1 Å². The highest BCUT2D eigenvalue weighted by Crippen LogP contribution is 2.38. The molecule has 0 aliphatic rings. The maximum absolute atomic E-state index is 10.2. The van der Waals surface area contributed by atoms with Gasteiger partial charge in [0.2, 0.25) is 0 Å². The van der Waals surface area contributed by atoms with E-state index in [4.69, 9.17) is 5.26 Å². The second-order valence-electron chi connectivity index (χ2n) is 3.81. The normalized spacial score (nSPS) is 16.2. The van der Waals surface area contributed by atoms with Crippen LogP contribution in [0.2, 0.25) is 0 Å². The maximum Gasteiger partial charge on any atom is 0.115 e. The number of nitriles is 1. The number of hydrogen-bond donors (Lipinski definition) is 1. The second-order valence-corrected chi connectivity index (χ2v) is 5.58. The predicted molar refractivity (Wildman–Crippen MR) is 68.6 cm³/mol. The van der Waals surface area contributed by atoms with Gasteiger partial charge in [0.1, 0.15) is 6.10 Å². The molecule has 0 amide bonds. The Morgan fingerprint density at radius 2 is 2.25 bits per heavy atom. The van der Waals surface area contributed by atoms with Gasteiger partial charge in [0.15, 0.2) is 0 Å². The Bertz CT molecular complexity index is 430. The van der Waals surface area contributed by atoms with Gasteiger partial charge in [-0.1, -0.05) is 6.92 Å². The van der Waals surface area contributed by atoms with E-state index in [9.17, 15) is 5.11 Å². The summed E-state index contributed by atoms with van der Waals surface area (Å²) in [5.74, 6) is 0. The van der Waals surface area contributed by atoms with E-state index in [1.165, 1.54) is 0 Å². The van der Waals surface area contributed by atoms with Gasteiger partial charge < -0.3 is 5.11 Å². The van der Waals surface area contributed by atoms with Crippen molar-refractivity contribution >= 4 is 31.9 Å². The van der Waals surface area contributed by atoms with Crippen LogP contribution in [0.25, 0.3) is 0 Å². The van der Waals surface area contributed by atoms with Gasteiger partial charge in [0.05, 0.1) is 17.2 Å². The zero-order valence-electron chi connectivity index (χ0n) is 9.04. The first-order chi connectivity index (χ1) is 7.44. The summed E-state index contributed by atoms with van der Waals surface area (Å²) in [5, 5.41) is 19.3. The minimum absolute atomic E-state index is 0.495. The Balaban J connectivity index is 3.15. The van der Waals surface area contributed by atoms with Crippen molar-refractivity contribution in [2.45, 2.75) is 26.4 Å². The summed E-state index contributed by atoms with van der Waals surface area (Å²) < 4.78 is 1.52.